The number of anilines is 4. The van der Waals surface area contributed by atoms with Crippen LogP contribution in [-0.4, -0.2) is 126 Å². The monoisotopic (exact) mass is 1290 g/mol. The molecule has 0 spiro atoms. The Morgan fingerprint density at radius 1 is 0.386 bits per heavy atom. The zero-order valence-electron chi connectivity index (χ0n) is 52.1. The van der Waals surface area contributed by atoms with Gasteiger partial charge < -0.3 is 28.7 Å². The number of ether oxygens (including phenoxy) is 4. The maximum absolute atomic E-state index is 13.0. The van der Waals surface area contributed by atoms with Crippen LogP contribution in [0.1, 0.15) is 178 Å². The van der Waals surface area contributed by atoms with E-state index in [0.29, 0.717) is 71.8 Å². The second-order valence-corrected chi connectivity index (χ2v) is 25.9. The highest BCUT2D eigenvalue weighted by molar-refractivity contribution is 6.44. The third kappa shape index (κ3) is 22.5. The van der Waals surface area contributed by atoms with E-state index in [0.717, 1.165) is 175 Å². The van der Waals surface area contributed by atoms with Gasteiger partial charge in [-0.2, -0.15) is 0 Å². The summed E-state index contributed by atoms with van der Waals surface area (Å²) in [6.45, 7) is 10.6. The molecule has 4 aliphatic heterocycles. The molecule has 2 saturated heterocycles. The fourth-order valence-corrected chi connectivity index (χ4v) is 13.3. The predicted molar refractivity (Wildman–Crippen MR) is 358 cm³/mol. The third-order valence-electron chi connectivity index (χ3n) is 17.8. The third-order valence-corrected chi connectivity index (χ3v) is 19.4. The Hall–Kier alpha value is -4.96. The summed E-state index contributed by atoms with van der Waals surface area (Å²) in [6.07, 6.45) is 27.9. The van der Waals surface area contributed by atoms with E-state index in [1.165, 1.54) is 77.0 Å². The van der Waals surface area contributed by atoms with E-state index in [9.17, 15) is 19.2 Å². The van der Waals surface area contributed by atoms with Gasteiger partial charge in [0, 0.05) is 90.2 Å². The van der Waals surface area contributed by atoms with Crippen molar-refractivity contribution in [3.8, 4) is 11.5 Å². The van der Waals surface area contributed by atoms with Crippen molar-refractivity contribution in [1.82, 2.24) is 9.80 Å². The number of esters is 2. The van der Waals surface area contributed by atoms with Crippen LogP contribution in [-0.2, 0) is 41.5 Å². The van der Waals surface area contributed by atoms with E-state index in [1.807, 2.05) is 72.8 Å². The molecule has 2 amide bonds. The minimum Gasteiger partial charge on any atom is -0.494 e. The van der Waals surface area contributed by atoms with Gasteiger partial charge in [-0.05, 0) is 112 Å². The van der Waals surface area contributed by atoms with Gasteiger partial charge in [-0.3, -0.25) is 38.8 Å². The lowest BCUT2D eigenvalue weighted by atomic mass is 10.0. The quantitative estimate of drug-likeness (QED) is 0.0312. The van der Waals surface area contributed by atoms with Crippen molar-refractivity contribution in [2.45, 2.75) is 180 Å². The number of benzene rings is 4. The van der Waals surface area contributed by atoms with Crippen molar-refractivity contribution in [3.63, 3.8) is 0 Å². The van der Waals surface area contributed by atoms with Crippen LogP contribution in [0.5, 0.6) is 11.5 Å². The Balaban J connectivity index is 0.560. The molecular weight excluding hydrogens is 1190 g/mol. The molecule has 8 rings (SSSR count). The van der Waals surface area contributed by atoms with Crippen LogP contribution in [0.4, 0.5) is 22.7 Å². The van der Waals surface area contributed by atoms with E-state index < -0.39 is 0 Å². The van der Waals surface area contributed by atoms with Gasteiger partial charge in [-0.25, -0.2) is 0 Å². The Morgan fingerprint density at radius 3 is 1.10 bits per heavy atom. The largest absolute Gasteiger partial charge is 0.494 e. The lowest BCUT2D eigenvalue weighted by Gasteiger charge is -2.36. The number of amides is 2. The molecule has 4 aromatic carbocycles. The molecule has 18 heteroatoms. The average Bonchev–Trinajstić information content (AvgIpc) is 3.64. The van der Waals surface area contributed by atoms with Crippen molar-refractivity contribution in [2.24, 2.45) is 0 Å². The fourth-order valence-electron chi connectivity index (χ4n) is 12.4. The molecular formula is C70H96Cl4N6O8. The number of hydrogen-bond donors (Lipinski definition) is 0. The number of carbonyl (C=O) groups is 4. The predicted octanol–water partition coefficient (Wildman–Crippen LogP) is 16.3. The molecule has 4 heterocycles. The minimum atomic E-state index is -0.254. The summed E-state index contributed by atoms with van der Waals surface area (Å²) in [4.78, 5) is 64.2. The first-order valence-electron chi connectivity index (χ1n) is 33.3. The average molecular weight is 1290 g/mol. The zero-order chi connectivity index (χ0) is 61.7. The van der Waals surface area contributed by atoms with E-state index in [-0.39, 0.29) is 37.2 Å². The fraction of sp³-hybridized carbons (Fsp3) is 0.600. The molecule has 4 aliphatic rings. The summed E-state index contributed by atoms with van der Waals surface area (Å²) in [5.41, 5.74) is 5.68. The molecule has 0 bridgehead atoms. The van der Waals surface area contributed by atoms with Crippen molar-refractivity contribution >= 4 is 92.9 Å². The zero-order valence-corrected chi connectivity index (χ0v) is 55.1. The second-order valence-electron chi connectivity index (χ2n) is 24.3. The molecule has 0 unspecified atom stereocenters. The van der Waals surface area contributed by atoms with Crippen LogP contribution in [0.15, 0.2) is 72.8 Å². The molecule has 4 aromatic rings. The van der Waals surface area contributed by atoms with Gasteiger partial charge in [0.1, 0.15) is 11.5 Å². The number of halogens is 4. The molecule has 482 valence electrons. The number of carbonyl (C=O) groups excluding carboxylic acids is 4. The molecule has 14 nitrogen and oxygen atoms in total. The highest BCUT2D eigenvalue weighted by Gasteiger charge is 2.28. The van der Waals surface area contributed by atoms with Gasteiger partial charge in [0.25, 0.3) is 0 Å². The Kier molecular flexibility index (Phi) is 29.8. The second kappa shape index (κ2) is 38.0. The highest BCUT2D eigenvalue weighted by atomic mass is 35.5. The maximum Gasteiger partial charge on any atom is 0.307 e. The Morgan fingerprint density at radius 2 is 0.739 bits per heavy atom. The van der Waals surface area contributed by atoms with Gasteiger partial charge >= 0.3 is 11.9 Å². The van der Waals surface area contributed by atoms with Gasteiger partial charge in [0.05, 0.1) is 56.1 Å². The SMILES string of the molecule is O=C(CCCCCCCCCCCCCCCCCCCCC(=O)OCN1C(=O)CCc2ccc(OCCCCN3CCN(c4cccc(Cl)c4Cl)CC3)cc21)OCN1C(=O)CCc2ccc(OCCCCN3CCN(c4cccc(Cl)c4Cl)CC3)cc21. The van der Waals surface area contributed by atoms with Gasteiger partial charge in [0.15, 0.2) is 13.5 Å². The summed E-state index contributed by atoms with van der Waals surface area (Å²) < 4.78 is 23.6. The van der Waals surface area contributed by atoms with Crippen molar-refractivity contribution in [2.75, 3.05) is 112 Å². The topological polar surface area (TPSA) is 125 Å². The summed E-state index contributed by atoms with van der Waals surface area (Å²) >= 11 is 25.4. The number of unbranched alkanes of at least 4 members (excludes halogenated alkanes) is 19. The molecule has 0 radical (unpaired) electrons. The van der Waals surface area contributed by atoms with Crippen LogP contribution >= 0.6 is 46.4 Å². The van der Waals surface area contributed by atoms with Crippen LogP contribution in [0.25, 0.3) is 0 Å². The lowest BCUT2D eigenvalue weighted by Crippen LogP contribution is -2.46. The van der Waals surface area contributed by atoms with Gasteiger partial charge in [-0.15, -0.1) is 0 Å². The first-order valence-corrected chi connectivity index (χ1v) is 34.8. The number of nitrogens with zero attached hydrogens (tertiary/aromatic N) is 6. The van der Waals surface area contributed by atoms with Crippen molar-refractivity contribution < 1.29 is 38.1 Å². The van der Waals surface area contributed by atoms with E-state index in [1.54, 1.807) is 9.80 Å². The first-order chi connectivity index (χ1) is 43.0. The maximum atomic E-state index is 13.0. The number of aryl methyl sites for hydroxylation is 2. The molecule has 2 fully saturated rings. The summed E-state index contributed by atoms with van der Waals surface area (Å²) in [6, 6.07) is 23.4. The smallest absolute Gasteiger partial charge is 0.307 e. The highest BCUT2D eigenvalue weighted by Crippen LogP contribution is 2.36. The number of hydrogen-bond acceptors (Lipinski definition) is 12. The molecule has 88 heavy (non-hydrogen) atoms. The normalized spacial score (nSPS) is 15.6. The number of fused-ring (bicyclic) bond motifs is 2. The molecule has 0 aromatic heterocycles. The van der Waals surface area contributed by atoms with Crippen LogP contribution < -0.4 is 29.1 Å². The van der Waals surface area contributed by atoms with Crippen LogP contribution in [0, 0.1) is 0 Å². The van der Waals surface area contributed by atoms with E-state index in [4.69, 9.17) is 65.4 Å². The summed E-state index contributed by atoms with van der Waals surface area (Å²) in [5, 5.41) is 2.42. The standard InChI is InChI=1S/C70H96Cl4N6O8/c71-59-25-23-27-61(69(59)73)77-45-41-75(42-46-77)39-19-21-49-85-57-35-31-55-33-37-65(81)79(63(55)51-57)53-87-67(83)29-17-15-13-11-9-7-5-3-1-2-4-6-8-10-12-14-16-18-30-68(84)88-54-80-64-52-58(36-32-56(64)34-38-66(80)82)86-50-22-20-40-76-43-47-78(48-44-76)62-28-24-26-60(72)70(62)74/h23-28,31-32,35-36,51-52H,1-22,29-30,33-34,37-50,53-54H2. The molecule has 0 saturated carbocycles. The van der Waals surface area contributed by atoms with Crippen LogP contribution in [0.2, 0.25) is 20.1 Å². The van der Waals surface area contributed by atoms with E-state index >= 15 is 0 Å². The molecule has 0 aliphatic carbocycles. The van der Waals surface area contributed by atoms with Gasteiger partial charge in [-0.1, -0.05) is 173 Å². The van der Waals surface area contributed by atoms with Crippen molar-refractivity contribution in [3.05, 3.63) is 104 Å². The number of rotatable bonds is 39. The summed E-state index contributed by atoms with van der Waals surface area (Å²) in [5.74, 6) is 0.870. The van der Waals surface area contributed by atoms with Crippen LogP contribution in [0.3, 0.4) is 0 Å². The first kappa shape index (κ1) is 68.9. The summed E-state index contributed by atoms with van der Waals surface area (Å²) in [7, 11) is 0. The molecule has 0 N–H and O–H groups in total. The van der Waals surface area contributed by atoms with Crippen molar-refractivity contribution in [1.29, 1.82) is 0 Å². The van der Waals surface area contributed by atoms with E-state index in [2.05, 4.69) is 19.6 Å². The lowest BCUT2D eigenvalue weighted by molar-refractivity contribution is -0.145. The minimum absolute atomic E-state index is 0.0350. The van der Waals surface area contributed by atoms with Gasteiger partial charge in [0.2, 0.25) is 11.8 Å². The molecule has 0 atom stereocenters. The Labute approximate surface area is 544 Å². The number of piperazine rings is 2. The Bertz CT molecular complexity index is 2620.